The van der Waals surface area contributed by atoms with Gasteiger partial charge in [-0.25, -0.2) is 22.3 Å². The Morgan fingerprint density at radius 3 is 2.58 bits per heavy atom. The van der Waals surface area contributed by atoms with E-state index in [-0.39, 0.29) is 49.5 Å². The maximum atomic E-state index is 15.0. The number of hydrogen-bond acceptors (Lipinski definition) is 6. The molecule has 4 aliphatic rings. The van der Waals surface area contributed by atoms with Crippen LogP contribution in [0.25, 0.3) is 0 Å². The molecule has 1 amide bonds. The average Bonchev–Trinajstić information content (AvgIpc) is 3.06. The van der Waals surface area contributed by atoms with E-state index in [2.05, 4.69) is 4.72 Å². The molecule has 4 bridgehead atoms. The fraction of sp³-hybridized carbons (Fsp3) is 0.696. The van der Waals surface area contributed by atoms with Gasteiger partial charge in [-0.05, 0) is 56.6 Å². The van der Waals surface area contributed by atoms with Crippen molar-refractivity contribution in [3.05, 3.63) is 29.6 Å². The molecular weight excluding hydrogens is 451 g/mol. The van der Waals surface area contributed by atoms with Crippen LogP contribution in [0.2, 0.25) is 0 Å². The highest BCUT2D eigenvalue weighted by atomic mass is 32.2. The van der Waals surface area contributed by atoms with Crippen molar-refractivity contribution in [1.29, 1.82) is 0 Å². The lowest BCUT2D eigenvalue weighted by molar-refractivity contribution is -0.0106. The van der Waals surface area contributed by atoms with Crippen LogP contribution in [0, 0.1) is 5.82 Å². The van der Waals surface area contributed by atoms with Crippen LogP contribution in [-0.2, 0) is 19.5 Å². The summed E-state index contributed by atoms with van der Waals surface area (Å²) < 4.78 is 58.8. The largest absolute Gasteiger partial charge is 0.490 e. The monoisotopic (exact) mass is 484 g/mol. The van der Waals surface area contributed by atoms with E-state index in [1.54, 1.807) is 11.0 Å². The number of rotatable bonds is 2. The van der Waals surface area contributed by atoms with Crippen LogP contribution in [0.3, 0.4) is 0 Å². The molecule has 2 fully saturated rings. The molecule has 3 heterocycles. The predicted molar refractivity (Wildman–Crippen MR) is 120 cm³/mol. The fourth-order valence-corrected chi connectivity index (χ4v) is 6.08. The number of fused-ring (bicyclic) bond motifs is 8. The minimum absolute atomic E-state index is 0.0212. The van der Waals surface area contributed by atoms with Crippen LogP contribution in [0.1, 0.15) is 56.9 Å². The van der Waals surface area contributed by atoms with Crippen molar-refractivity contribution in [2.45, 2.75) is 75.6 Å². The number of halogens is 1. The van der Waals surface area contributed by atoms with E-state index in [1.165, 1.54) is 0 Å². The summed E-state index contributed by atoms with van der Waals surface area (Å²) in [5, 5.41) is 0. The van der Waals surface area contributed by atoms with Gasteiger partial charge in [-0.3, -0.25) is 4.90 Å². The summed E-state index contributed by atoms with van der Waals surface area (Å²) in [6, 6.07) is 4.16. The third-order valence-corrected chi connectivity index (χ3v) is 7.58. The molecule has 1 N–H and O–H groups in total. The Morgan fingerprint density at radius 1 is 1.12 bits per heavy atom. The van der Waals surface area contributed by atoms with Gasteiger partial charge in [-0.2, -0.15) is 0 Å². The third-order valence-electron chi connectivity index (χ3n) is 6.85. The van der Waals surface area contributed by atoms with Gasteiger partial charge in [0, 0.05) is 18.5 Å². The Bertz CT molecular complexity index is 950. The quantitative estimate of drug-likeness (QED) is 0.693. The SMILES string of the molecule is C[C@@H]1C[C@H](NS(C)(=O)=O)[C@@H]2COC3CCC(CC3)c3cccc(c3F)OCCCOC(=O)N12. The summed E-state index contributed by atoms with van der Waals surface area (Å²) in [4.78, 5) is 14.5. The van der Waals surface area contributed by atoms with Gasteiger partial charge in [0.05, 0.1) is 38.2 Å². The summed E-state index contributed by atoms with van der Waals surface area (Å²) in [7, 11) is -3.45. The molecule has 1 aromatic carbocycles. The molecule has 1 saturated heterocycles. The summed E-state index contributed by atoms with van der Waals surface area (Å²) in [5.41, 5.74) is 0.676. The first-order valence-corrected chi connectivity index (χ1v) is 13.6. The maximum absolute atomic E-state index is 15.0. The van der Waals surface area contributed by atoms with Crippen molar-refractivity contribution in [3.63, 3.8) is 0 Å². The highest BCUT2D eigenvalue weighted by molar-refractivity contribution is 7.88. The van der Waals surface area contributed by atoms with Gasteiger partial charge in [0.2, 0.25) is 10.0 Å². The average molecular weight is 485 g/mol. The van der Waals surface area contributed by atoms with E-state index < -0.39 is 28.2 Å². The fourth-order valence-electron chi connectivity index (χ4n) is 5.28. The molecule has 5 rings (SSSR count). The van der Waals surface area contributed by atoms with Gasteiger partial charge >= 0.3 is 6.09 Å². The molecule has 3 aliphatic heterocycles. The minimum Gasteiger partial charge on any atom is -0.490 e. The third kappa shape index (κ3) is 5.78. The van der Waals surface area contributed by atoms with Crippen molar-refractivity contribution >= 4 is 16.1 Å². The van der Waals surface area contributed by atoms with Gasteiger partial charge < -0.3 is 14.2 Å². The smallest absolute Gasteiger partial charge is 0.410 e. The number of hydrogen-bond donors (Lipinski definition) is 1. The number of nitrogens with one attached hydrogen (secondary N) is 1. The number of nitrogens with zero attached hydrogens (tertiary/aromatic N) is 1. The first kappa shape index (κ1) is 24.2. The highest BCUT2D eigenvalue weighted by Crippen LogP contribution is 2.38. The molecule has 3 atom stereocenters. The van der Waals surface area contributed by atoms with E-state index in [0.29, 0.717) is 18.4 Å². The van der Waals surface area contributed by atoms with Crippen molar-refractivity contribution in [1.82, 2.24) is 9.62 Å². The maximum Gasteiger partial charge on any atom is 0.410 e. The van der Waals surface area contributed by atoms with E-state index in [9.17, 15) is 13.2 Å². The van der Waals surface area contributed by atoms with E-state index in [1.807, 2.05) is 19.1 Å². The predicted octanol–water partition coefficient (Wildman–Crippen LogP) is 3.17. The molecule has 1 aliphatic carbocycles. The second-order valence-electron chi connectivity index (χ2n) is 9.34. The summed E-state index contributed by atoms with van der Waals surface area (Å²) in [5.74, 6) is 0.0217. The number of carbonyl (C=O) groups is 1. The Labute approximate surface area is 194 Å². The van der Waals surface area contributed by atoms with Crippen LogP contribution in [0.15, 0.2) is 18.2 Å². The number of sulfonamides is 1. The van der Waals surface area contributed by atoms with Gasteiger partial charge in [0.15, 0.2) is 11.6 Å². The Morgan fingerprint density at radius 2 is 1.85 bits per heavy atom. The van der Waals surface area contributed by atoms with Crippen LogP contribution in [0.4, 0.5) is 9.18 Å². The molecule has 0 spiro atoms. The zero-order valence-corrected chi connectivity index (χ0v) is 20.0. The van der Waals surface area contributed by atoms with Gasteiger partial charge in [0.1, 0.15) is 0 Å². The normalized spacial score (nSPS) is 31.4. The van der Waals surface area contributed by atoms with E-state index >= 15 is 4.39 Å². The summed E-state index contributed by atoms with van der Waals surface area (Å²) in [6.07, 6.45) is 4.62. The molecule has 0 radical (unpaired) electrons. The first-order valence-electron chi connectivity index (χ1n) is 11.7. The Balaban J connectivity index is 1.54. The van der Waals surface area contributed by atoms with Gasteiger partial charge in [0.25, 0.3) is 0 Å². The minimum atomic E-state index is -3.45. The van der Waals surface area contributed by atoms with E-state index in [0.717, 1.165) is 31.9 Å². The van der Waals surface area contributed by atoms with Gasteiger partial charge in [-0.15, -0.1) is 0 Å². The summed E-state index contributed by atoms with van der Waals surface area (Å²) >= 11 is 0. The molecule has 0 aromatic heterocycles. The molecule has 1 aromatic rings. The highest BCUT2D eigenvalue weighted by Gasteiger charge is 2.44. The second-order valence-corrected chi connectivity index (χ2v) is 11.1. The van der Waals surface area contributed by atoms with Crippen LogP contribution in [-0.4, -0.2) is 69.7 Å². The zero-order valence-electron chi connectivity index (χ0n) is 19.2. The van der Waals surface area contributed by atoms with Gasteiger partial charge in [-0.1, -0.05) is 12.1 Å². The second kappa shape index (κ2) is 10.1. The van der Waals surface area contributed by atoms with Crippen molar-refractivity contribution < 1.29 is 31.8 Å². The van der Waals surface area contributed by atoms with Crippen LogP contribution in [0.5, 0.6) is 5.75 Å². The standard InChI is InChI=1S/C23H33FN2O6S/c1-15-13-19(25-33(2,28)29)20-14-32-17-9-7-16(8-10-17)18-5-3-6-21(22(18)24)30-11-4-12-31-23(27)26(15)20/h3,5-6,15-17,19-20,25H,4,7-14H2,1-2H3/t15-,16?,17?,19+,20+/m1/s1. The number of ether oxygens (including phenoxy) is 3. The molecule has 33 heavy (non-hydrogen) atoms. The lowest BCUT2D eigenvalue weighted by atomic mass is 9.82. The molecule has 1 saturated carbocycles. The van der Waals surface area contributed by atoms with Crippen molar-refractivity contribution in [2.24, 2.45) is 0 Å². The van der Waals surface area contributed by atoms with E-state index in [4.69, 9.17) is 14.2 Å². The number of benzene rings is 1. The lowest BCUT2D eigenvalue weighted by Crippen LogP contribution is -2.50. The summed E-state index contributed by atoms with van der Waals surface area (Å²) in [6.45, 7) is 2.44. The lowest BCUT2D eigenvalue weighted by Gasteiger charge is -2.33. The number of amides is 1. The van der Waals surface area contributed by atoms with Crippen molar-refractivity contribution in [3.8, 4) is 5.75 Å². The van der Waals surface area contributed by atoms with Crippen molar-refractivity contribution in [2.75, 3.05) is 26.1 Å². The molecular formula is C23H33FN2O6S. The zero-order chi connectivity index (χ0) is 23.6. The first-order chi connectivity index (χ1) is 15.7. The van der Waals surface area contributed by atoms with Crippen LogP contribution >= 0.6 is 0 Å². The van der Waals surface area contributed by atoms with Crippen LogP contribution < -0.4 is 9.46 Å². The Hall–Kier alpha value is -1.91. The topological polar surface area (TPSA) is 94.2 Å². The molecule has 0 unspecified atom stereocenters. The number of carbonyl (C=O) groups excluding carboxylic acids is 1. The molecule has 184 valence electrons. The molecule has 8 nitrogen and oxygen atoms in total. The Kier molecular flexibility index (Phi) is 7.45. The molecule has 10 heteroatoms.